The van der Waals surface area contributed by atoms with Crippen molar-refractivity contribution in [2.24, 2.45) is 5.73 Å². The summed E-state index contributed by atoms with van der Waals surface area (Å²) in [4.78, 5) is 0. The lowest BCUT2D eigenvalue weighted by Crippen LogP contribution is -2.13. The van der Waals surface area contributed by atoms with E-state index in [1.165, 1.54) is 36.0 Å². The van der Waals surface area contributed by atoms with Crippen LogP contribution in [-0.4, -0.2) is 0 Å². The molecule has 0 amide bonds. The van der Waals surface area contributed by atoms with Crippen molar-refractivity contribution >= 4 is 0 Å². The first kappa shape index (κ1) is 12.5. The summed E-state index contributed by atoms with van der Waals surface area (Å²) >= 11 is 0. The number of rotatable bonds is 3. The minimum absolute atomic E-state index is 0.0249. The van der Waals surface area contributed by atoms with Gasteiger partial charge in [-0.1, -0.05) is 18.2 Å². The predicted octanol–water partition coefficient (Wildman–Crippen LogP) is 3.63. The van der Waals surface area contributed by atoms with Crippen molar-refractivity contribution in [3.63, 3.8) is 0 Å². The van der Waals surface area contributed by atoms with Crippen molar-refractivity contribution in [1.82, 2.24) is 0 Å². The highest BCUT2D eigenvalue weighted by molar-refractivity contribution is 5.36. The van der Waals surface area contributed by atoms with Gasteiger partial charge in [-0.25, -0.2) is 0 Å². The Bertz CT molecular complexity index is 597. The van der Waals surface area contributed by atoms with Gasteiger partial charge in [-0.3, -0.25) is 0 Å². The number of furan rings is 1. The van der Waals surface area contributed by atoms with Gasteiger partial charge >= 0.3 is 0 Å². The number of hydrogen-bond acceptors (Lipinski definition) is 2. The first-order valence-electron chi connectivity index (χ1n) is 7.06. The molecule has 2 heteroatoms. The van der Waals surface area contributed by atoms with E-state index in [9.17, 15) is 0 Å². The molecule has 2 N–H and O–H groups in total. The molecule has 19 heavy (non-hydrogen) atoms. The maximum atomic E-state index is 6.33. The Hall–Kier alpha value is -1.54. The van der Waals surface area contributed by atoms with Crippen LogP contribution in [0.5, 0.6) is 0 Å². The van der Waals surface area contributed by atoms with E-state index in [1.54, 1.807) is 0 Å². The molecule has 2 nitrogen and oxygen atoms in total. The number of benzene rings is 1. The van der Waals surface area contributed by atoms with Gasteiger partial charge in [0.2, 0.25) is 0 Å². The van der Waals surface area contributed by atoms with Crippen molar-refractivity contribution in [2.45, 2.75) is 45.6 Å². The molecule has 0 saturated carbocycles. The molecule has 1 heterocycles. The largest absolute Gasteiger partial charge is 0.466 e. The molecule has 2 aromatic rings. The second-order valence-corrected chi connectivity index (χ2v) is 5.64. The van der Waals surface area contributed by atoms with Gasteiger partial charge < -0.3 is 10.2 Å². The first-order valence-corrected chi connectivity index (χ1v) is 7.06. The Labute approximate surface area is 114 Å². The lowest BCUT2D eigenvalue weighted by Gasteiger charge is -2.12. The standard InChI is InChI=1S/C17H21NO/c1-11-8-16(12(2)19-11)17(18)10-13-6-7-14-4-3-5-15(14)9-13/h6-9,17H,3-5,10,18H2,1-2H3. The SMILES string of the molecule is Cc1cc(C(N)Cc2ccc3c(c2)CCC3)c(C)o1. The van der Waals surface area contributed by atoms with E-state index in [2.05, 4.69) is 24.3 Å². The third-order valence-corrected chi connectivity index (χ3v) is 4.10. The zero-order chi connectivity index (χ0) is 13.4. The van der Waals surface area contributed by atoms with E-state index in [-0.39, 0.29) is 6.04 Å². The Morgan fingerprint density at radius 2 is 1.95 bits per heavy atom. The Morgan fingerprint density at radius 1 is 1.16 bits per heavy atom. The minimum Gasteiger partial charge on any atom is -0.466 e. The summed E-state index contributed by atoms with van der Waals surface area (Å²) < 4.78 is 5.57. The summed E-state index contributed by atoms with van der Waals surface area (Å²) in [5.41, 5.74) is 11.8. The fourth-order valence-electron chi connectivity index (χ4n) is 3.13. The van der Waals surface area contributed by atoms with Gasteiger partial charge in [0.15, 0.2) is 0 Å². The minimum atomic E-state index is 0.0249. The second kappa shape index (κ2) is 4.86. The molecule has 0 saturated heterocycles. The van der Waals surface area contributed by atoms with E-state index >= 15 is 0 Å². The third-order valence-electron chi connectivity index (χ3n) is 4.10. The van der Waals surface area contributed by atoms with Gasteiger partial charge in [-0.2, -0.15) is 0 Å². The molecule has 1 aliphatic carbocycles. The smallest absolute Gasteiger partial charge is 0.105 e. The van der Waals surface area contributed by atoms with Crippen molar-refractivity contribution in [1.29, 1.82) is 0 Å². The highest BCUT2D eigenvalue weighted by atomic mass is 16.3. The summed E-state index contributed by atoms with van der Waals surface area (Å²) in [7, 11) is 0. The molecule has 1 unspecified atom stereocenters. The quantitative estimate of drug-likeness (QED) is 0.909. The molecule has 100 valence electrons. The van der Waals surface area contributed by atoms with Crippen molar-refractivity contribution in [3.05, 3.63) is 58.0 Å². The maximum absolute atomic E-state index is 6.33. The summed E-state index contributed by atoms with van der Waals surface area (Å²) in [6.45, 7) is 3.96. The molecule has 1 aliphatic rings. The summed E-state index contributed by atoms with van der Waals surface area (Å²) in [5.74, 6) is 1.89. The predicted molar refractivity (Wildman–Crippen MR) is 77.3 cm³/mol. The van der Waals surface area contributed by atoms with Gasteiger partial charge in [0.1, 0.15) is 11.5 Å². The van der Waals surface area contributed by atoms with E-state index in [0.29, 0.717) is 0 Å². The van der Waals surface area contributed by atoms with Crippen LogP contribution in [0.2, 0.25) is 0 Å². The highest BCUT2D eigenvalue weighted by Gasteiger charge is 2.16. The number of fused-ring (bicyclic) bond motifs is 1. The van der Waals surface area contributed by atoms with Gasteiger partial charge in [0, 0.05) is 11.6 Å². The Balaban J connectivity index is 1.79. The monoisotopic (exact) mass is 255 g/mol. The second-order valence-electron chi connectivity index (χ2n) is 5.64. The van der Waals surface area contributed by atoms with E-state index < -0.39 is 0 Å². The van der Waals surface area contributed by atoms with Crippen molar-refractivity contribution in [3.8, 4) is 0 Å². The highest BCUT2D eigenvalue weighted by Crippen LogP contribution is 2.26. The normalized spacial score (nSPS) is 15.5. The third kappa shape index (κ3) is 2.45. The molecule has 1 atom stereocenters. The van der Waals surface area contributed by atoms with Crippen LogP contribution < -0.4 is 5.73 Å². The van der Waals surface area contributed by atoms with Crippen LogP contribution in [0.15, 0.2) is 28.7 Å². The van der Waals surface area contributed by atoms with Gasteiger partial charge in [0.05, 0.1) is 0 Å². The zero-order valence-corrected chi connectivity index (χ0v) is 11.7. The molecule has 0 fully saturated rings. The van der Waals surface area contributed by atoms with Crippen LogP contribution in [0.4, 0.5) is 0 Å². The summed E-state index contributed by atoms with van der Waals surface area (Å²) in [6, 6.07) is 8.93. The van der Waals surface area contributed by atoms with Gasteiger partial charge in [-0.15, -0.1) is 0 Å². The molecule has 0 spiro atoms. The fourth-order valence-corrected chi connectivity index (χ4v) is 3.13. The van der Waals surface area contributed by atoms with Crippen LogP contribution in [-0.2, 0) is 19.3 Å². The van der Waals surface area contributed by atoms with Crippen LogP contribution >= 0.6 is 0 Å². The van der Waals surface area contributed by atoms with Crippen LogP contribution in [0.3, 0.4) is 0 Å². The lowest BCUT2D eigenvalue weighted by atomic mass is 9.97. The fraction of sp³-hybridized carbons (Fsp3) is 0.412. The molecule has 0 bridgehead atoms. The van der Waals surface area contributed by atoms with E-state index in [4.69, 9.17) is 10.2 Å². The molecule has 3 rings (SSSR count). The number of hydrogen-bond donors (Lipinski definition) is 1. The average molecular weight is 255 g/mol. The van der Waals surface area contributed by atoms with E-state index in [0.717, 1.165) is 23.5 Å². The van der Waals surface area contributed by atoms with Crippen LogP contribution in [0.25, 0.3) is 0 Å². The van der Waals surface area contributed by atoms with Crippen molar-refractivity contribution < 1.29 is 4.42 Å². The Kier molecular flexibility index (Phi) is 3.19. The summed E-state index contributed by atoms with van der Waals surface area (Å²) in [5, 5.41) is 0. The first-order chi connectivity index (χ1) is 9.13. The molecular formula is C17H21NO. The molecule has 0 aliphatic heterocycles. The number of nitrogens with two attached hydrogens (primary N) is 1. The Morgan fingerprint density at radius 3 is 2.68 bits per heavy atom. The molecular weight excluding hydrogens is 234 g/mol. The topological polar surface area (TPSA) is 39.2 Å². The molecule has 1 aromatic carbocycles. The average Bonchev–Trinajstić information content (AvgIpc) is 2.94. The number of aryl methyl sites for hydroxylation is 4. The lowest BCUT2D eigenvalue weighted by molar-refractivity contribution is 0.497. The van der Waals surface area contributed by atoms with Crippen molar-refractivity contribution in [2.75, 3.05) is 0 Å². The maximum Gasteiger partial charge on any atom is 0.105 e. The summed E-state index contributed by atoms with van der Waals surface area (Å²) in [6.07, 6.45) is 4.64. The van der Waals surface area contributed by atoms with E-state index in [1.807, 2.05) is 13.8 Å². The molecule has 0 radical (unpaired) electrons. The van der Waals surface area contributed by atoms with Gasteiger partial charge in [-0.05, 0) is 62.3 Å². The van der Waals surface area contributed by atoms with Crippen LogP contribution in [0.1, 0.15) is 46.2 Å². The molecule has 1 aromatic heterocycles. The van der Waals surface area contributed by atoms with Crippen LogP contribution in [0, 0.1) is 13.8 Å². The van der Waals surface area contributed by atoms with Gasteiger partial charge in [0.25, 0.3) is 0 Å². The zero-order valence-electron chi connectivity index (χ0n) is 11.7.